The maximum absolute atomic E-state index is 12.4. The van der Waals surface area contributed by atoms with Crippen LogP contribution in [0, 0.1) is 10.1 Å². The lowest BCUT2D eigenvalue weighted by atomic mass is 10.2. The van der Waals surface area contributed by atoms with Crippen LogP contribution in [0.1, 0.15) is 17.3 Å². The van der Waals surface area contributed by atoms with Crippen molar-refractivity contribution >= 4 is 34.1 Å². The fourth-order valence-corrected chi connectivity index (χ4v) is 3.04. The number of amides is 1. The van der Waals surface area contributed by atoms with Gasteiger partial charge in [-0.3, -0.25) is 19.1 Å². The van der Waals surface area contributed by atoms with Crippen LogP contribution < -0.4 is 10.1 Å². The van der Waals surface area contributed by atoms with Crippen molar-refractivity contribution in [3.8, 4) is 5.75 Å². The topological polar surface area (TPSA) is 125 Å². The number of nitrogens with one attached hydrogen (secondary N) is 1. The molecule has 148 valence electrons. The third-order valence-corrected chi connectivity index (χ3v) is 4.70. The summed E-state index contributed by atoms with van der Waals surface area (Å²) in [4.78, 5) is 35.3. The molecule has 0 saturated heterocycles. The predicted molar refractivity (Wildman–Crippen MR) is 102 cm³/mol. The lowest BCUT2D eigenvalue weighted by molar-refractivity contribution is -0.384. The first-order chi connectivity index (χ1) is 13.2. The van der Waals surface area contributed by atoms with Gasteiger partial charge in [-0.25, -0.2) is 4.79 Å². The quantitative estimate of drug-likeness (QED) is 0.425. The summed E-state index contributed by atoms with van der Waals surface area (Å²) in [6.07, 6.45) is 0.214. The molecule has 0 saturated carbocycles. The number of rotatable bonds is 7. The molecule has 2 aromatic rings. The second-order valence-electron chi connectivity index (χ2n) is 5.63. The molecular formula is C18H18N2O7S. The second-order valence-corrected chi connectivity index (χ2v) is 6.98. The van der Waals surface area contributed by atoms with Gasteiger partial charge in [0.05, 0.1) is 39.0 Å². The van der Waals surface area contributed by atoms with Gasteiger partial charge in [-0.05, 0) is 25.1 Å². The number of methoxy groups -OCH3 is 1. The molecule has 0 aromatic heterocycles. The Hall–Kier alpha value is -3.27. The lowest BCUT2D eigenvalue weighted by Crippen LogP contribution is -2.30. The van der Waals surface area contributed by atoms with Gasteiger partial charge in [0.2, 0.25) is 0 Å². The summed E-state index contributed by atoms with van der Waals surface area (Å²) in [5, 5.41) is 13.4. The molecule has 0 radical (unpaired) electrons. The summed E-state index contributed by atoms with van der Waals surface area (Å²) in [6.45, 7) is 1.35. The summed E-state index contributed by atoms with van der Waals surface area (Å²) >= 11 is 0. The highest BCUT2D eigenvalue weighted by Gasteiger charge is 2.23. The van der Waals surface area contributed by atoms with Crippen LogP contribution >= 0.6 is 0 Å². The lowest BCUT2D eigenvalue weighted by Gasteiger charge is -2.16. The zero-order valence-electron chi connectivity index (χ0n) is 15.3. The number of carbonyl (C=O) groups is 2. The first-order valence-electron chi connectivity index (χ1n) is 8.01. The molecule has 1 amide bonds. The van der Waals surface area contributed by atoms with Gasteiger partial charge in [0.25, 0.3) is 11.6 Å². The SMILES string of the molecule is COc1ccc([N+](=O)[O-])cc1NC(=O)[C@H](C)OC(=O)c1ccccc1[S@](C)=O. The number of nitrogens with zero attached hydrogens (tertiary/aromatic N) is 1. The van der Waals surface area contributed by atoms with Crippen molar-refractivity contribution in [1.82, 2.24) is 0 Å². The van der Waals surface area contributed by atoms with Crippen LogP contribution in [0.5, 0.6) is 5.75 Å². The number of hydrogen-bond acceptors (Lipinski definition) is 7. The van der Waals surface area contributed by atoms with E-state index in [1.165, 1.54) is 44.6 Å². The van der Waals surface area contributed by atoms with Crippen molar-refractivity contribution in [3.05, 3.63) is 58.1 Å². The van der Waals surface area contributed by atoms with Crippen LogP contribution in [0.15, 0.2) is 47.4 Å². The highest BCUT2D eigenvalue weighted by Crippen LogP contribution is 2.29. The van der Waals surface area contributed by atoms with E-state index in [-0.39, 0.29) is 22.7 Å². The largest absolute Gasteiger partial charge is 0.495 e. The number of benzene rings is 2. The average molecular weight is 406 g/mol. The molecule has 9 nitrogen and oxygen atoms in total. The first kappa shape index (κ1) is 21.0. The van der Waals surface area contributed by atoms with Crippen molar-refractivity contribution in [1.29, 1.82) is 0 Å². The van der Waals surface area contributed by atoms with E-state index >= 15 is 0 Å². The standard InChI is InChI=1S/C18H18N2O7S/c1-11(27-18(22)13-6-4-5-7-16(13)28(3)25)17(21)19-14-10-12(20(23)24)8-9-15(14)26-2/h4-11H,1-3H3,(H,19,21)/t11-,28-/m0/s1. The zero-order valence-corrected chi connectivity index (χ0v) is 16.1. The molecule has 0 heterocycles. The van der Waals surface area contributed by atoms with Crippen molar-refractivity contribution in [2.24, 2.45) is 0 Å². The first-order valence-corrected chi connectivity index (χ1v) is 9.57. The maximum atomic E-state index is 12.4. The van der Waals surface area contributed by atoms with E-state index < -0.39 is 33.7 Å². The Morgan fingerprint density at radius 3 is 2.50 bits per heavy atom. The molecule has 0 fully saturated rings. The van der Waals surface area contributed by atoms with Gasteiger partial charge in [-0.2, -0.15) is 0 Å². The van der Waals surface area contributed by atoms with Gasteiger partial charge in [0.15, 0.2) is 6.10 Å². The Morgan fingerprint density at radius 2 is 1.89 bits per heavy atom. The monoisotopic (exact) mass is 406 g/mol. The van der Waals surface area contributed by atoms with E-state index in [1.807, 2.05) is 0 Å². The fourth-order valence-electron chi connectivity index (χ4n) is 2.31. The number of nitro groups is 1. The third-order valence-electron chi connectivity index (χ3n) is 3.72. The smallest absolute Gasteiger partial charge is 0.340 e. The molecule has 28 heavy (non-hydrogen) atoms. The predicted octanol–water partition coefficient (Wildman–Crippen LogP) is 2.52. The summed E-state index contributed by atoms with van der Waals surface area (Å²) in [6, 6.07) is 9.93. The minimum atomic E-state index is -1.41. The van der Waals surface area contributed by atoms with Crippen molar-refractivity contribution in [2.75, 3.05) is 18.7 Å². The van der Waals surface area contributed by atoms with E-state index in [0.29, 0.717) is 4.90 Å². The number of non-ortho nitro benzene ring substituents is 1. The molecule has 2 aromatic carbocycles. The van der Waals surface area contributed by atoms with Gasteiger partial charge >= 0.3 is 5.97 Å². The molecule has 2 atom stereocenters. The number of ether oxygens (including phenoxy) is 2. The highest BCUT2D eigenvalue weighted by molar-refractivity contribution is 7.84. The van der Waals surface area contributed by atoms with Gasteiger partial charge in [-0.1, -0.05) is 12.1 Å². The Morgan fingerprint density at radius 1 is 1.21 bits per heavy atom. The van der Waals surface area contributed by atoms with Gasteiger partial charge < -0.3 is 14.8 Å². The molecule has 0 bridgehead atoms. The molecule has 0 spiro atoms. The normalized spacial score (nSPS) is 12.5. The van der Waals surface area contributed by atoms with E-state index in [4.69, 9.17) is 9.47 Å². The van der Waals surface area contributed by atoms with E-state index in [1.54, 1.807) is 12.1 Å². The molecule has 10 heteroatoms. The van der Waals surface area contributed by atoms with E-state index in [9.17, 15) is 23.9 Å². The van der Waals surface area contributed by atoms with Gasteiger partial charge in [0.1, 0.15) is 5.75 Å². The summed E-state index contributed by atoms with van der Waals surface area (Å²) in [7, 11) is -0.0621. The molecule has 0 aliphatic rings. The highest BCUT2D eigenvalue weighted by atomic mass is 32.2. The minimum Gasteiger partial charge on any atom is -0.495 e. The Bertz CT molecular complexity index is 945. The van der Waals surface area contributed by atoms with Gasteiger partial charge in [0, 0.05) is 18.4 Å². The van der Waals surface area contributed by atoms with Crippen LogP contribution in [0.25, 0.3) is 0 Å². The molecule has 0 aliphatic carbocycles. The summed E-state index contributed by atoms with van der Waals surface area (Å²) in [5.74, 6) is -1.30. The second kappa shape index (κ2) is 9.09. The maximum Gasteiger partial charge on any atom is 0.340 e. The molecule has 0 aliphatic heterocycles. The van der Waals surface area contributed by atoms with Crippen molar-refractivity contribution in [3.63, 3.8) is 0 Å². The molecule has 1 N–H and O–H groups in total. The van der Waals surface area contributed by atoms with E-state index in [2.05, 4.69) is 5.32 Å². The van der Waals surface area contributed by atoms with Gasteiger partial charge in [-0.15, -0.1) is 0 Å². The summed E-state index contributed by atoms with van der Waals surface area (Å²) < 4.78 is 22.0. The fraction of sp³-hybridized carbons (Fsp3) is 0.222. The Kier molecular flexibility index (Phi) is 6.83. The van der Waals surface area contributed by atoms with Crippen LogP contribution in [-0.2, 0) is 20.3 Å². The Labute approximate surface area is 163 Å². The van der Waals surface area contributed by atoms with Crippen LogP contribution in [0.4, 0.5) is 11.4 Å². The number of nitro benzene ring substituents is 1. The number of carbonyl (C=O) groups excluding carboxylic acids is 2. The van der Waals surface area contributed by atoms with Crippen LogP contribution in [-0.4, -0.2) is 40.5 Å². The third kappa shape index (κ3) is 4.92. The van der Waals surface area contributed by atoms with Crippen LogP contribution in [0.3, 0.4) is 0 Å². The van der Waals surface area contributed by atoms with Crippen molar-refractivity contribution in [2.45, 2.75) is 17.9 Å². The number of anilines is 1. The number of hydrogen-bond donors (Lipinski definition) is 1. The zero-order chi connectivity index (χ0) is 20.8. The number of esters is 1. The van der Waals surface area contributed by atoms with Crippen molar-refractivity contribution < 1.29 is 28.2 Å². The Balaban J connectivity index is 2.16. The molecule has 2 rings (SSSR count). The van der Waals surface area contributed by atoms with Crippen LogP contribution in [0.2, 0.25) is 0 Å². The summed E-state index contributed by atoms with van der Waals surface area (Å²) in [5.41, 5.74) is -0.0734. The molecule has 0 unspecified atom stereocenters. The average Bonchev–Trinajstić information content (AvgIpc) is 2.67. The minimum absolute atomic E-state index is 0.0691. The van der Waals surface area contributed by atoms with E-state index in [0.717, 1.165) is 6.07 Å². The molecular weight excluding hydrogens is 388 g/mol.